The van der Waals surface area contributed by atoms with E-state index in [1.807, 2.05) is 30.9 Å². The third-order valence-corrected chi connectivity index (χ3v) is 4.50. The Kier molecular flexibility index (Phi) is 3.44. The van der Waals surface area contributed by atoms with Crippen LogP contribution in [0.25, 0.3) is 0 Å². The van der Waals surface area contributed by atoms with E-state index in [-0.39, 0.29) is 0 Å². The summed E-state index contributed by atoms with van der Waals surface area (Å²) in [5.74, 6) is 1.91. The van der Waals surface area contributed by atoms with Crippen LogP contribution in [0.1, 0.15) is 10.8 Å². The highest BCUT2D eigenvalue weighted by Gasteiger charge is 2.31. The maximum atomic E-state index is 6.09. The SMILES string of the molecule is CNC1CSC1c1ccc(OC)c(Cl)c1. The van der Waals surface area contributed by atoms with Gasteiger partial charge in [0.15, 0.2) is 0 Å². The van der Waals surface area contributed by atoms with Crippen LogP contribution in [-0.2, 0) is 0 Å². The largest absolute Gasteiger partial charge is 0.495 e. The van der Waals surface area contributed by atoms with E-state index in [2.05, 4.69) is 11.4 Å². The van der Waals surface area contributed by atoms with Crippen LogP contribution >= 0.6 is 23.4 Å². The van der Waals surface area contributed by atoms with E-state index < -0.39 is 0 Å². The molecule has 0 aromatic heterocycles. The molecule has 0 aliphatic carbocycles. The fourth-order valence-electron chi connectivity index (χ4n) is 1.71. The Morgan fingerprint density at radius 2 is 2.33 bits per heavy atom. The highest BCUT2D eigenvalue weighted by atomic mass is 35.5. The van der Waals surface area contributed by atoms with Crippen molar-refractivity contribution in [3.05, 3.63) is 28.8 Å². The third-order valence-electron chi connectivity index (χ3n) is 2.70. The monoisotopic (exact) mass is 243 g/mol. The zero-order valence-corrected chi connectivity index (χ0v) is 10.4. The molecule has 1 fully saturated rings. The Balaban J connectivity index is 2.19. The number of nitrogens with one attached hydrogen (secondary N) is 1. The number of rotatable bonds is 3. The number of likely N-dealkylation sites (N-methyl/N-ethyl adjacent to an activating group) is 1. The van der Waals surface area contributed by atoms with Crippen molar-refractivity contribution < 1.29 is 4.74 Å². The van der Waals surface area contributed by atoms with Crippen LogP contribution in [0.2, 0.25) is 5.02 Å². The molecule has 4 heteroatoms. The van der Waals surface area contributed by atoms with Gasteiger partial charge in [0.25, 0.3) is 0 Å². The zero-order valence-electron chi connectivity index (χ0n) is 8.79. The minimum atomic E-state index is 0.526. The molecule has 1 heterocycles. The molecule has 15 heavy (non-hydrogen) atoms. The Morgan fingerprint density at radius 3 is 2.80 bits per heavy atom. The maximum Gasteiger partial charge on any atom is 0.137 e. The number of hydrogen-bond acceptors (Lipinski definition) is 3. The molecule has 2 rings (SSSR count). The van der Waals surface area contributed by atoms with Gasteiger partial charge in [0.2, 0.25) is 0 Å². The number of thioether (sulfide) groups is 1. The van der Waals surface area contributed by atoms with Crippen LogP contribution in [0.4, 0.5) is 0 Å². The lowest BCUT2D eigenvalue weighted by Gasteiger charge is -2.36. The summed E-state index contributed by atoms with van der Waals surface area (Å²) in [7, 11) is 3.64. The summed E-state index contributed by atoms with van der Waals surface area (Å²) in [4.78, 5) is 0. The summed E-state index contributed by atoms with van der Waals surface area (Å²) in [6.07, 6.45) is 0. The molecule has 0 bridgehead atoms. The van der Waals surface area contributed by atoms with Gasteiger partial charge in [-0.2, -0.15) is 11.8 Å². The summed E-state index contributed by atoms with van der Waals surface area (Å²) >= 11 is 8.04. The molecular weight excluding hydrogens is 230 g/mol. The molecule has 2 atom stereocenters. The second-order valence-corrected chi connectivity index (χ2v) is 5.12. The smallest absolute Gasteiger partial charge is 0.137 e. The third kappa shape index (κ3) is 2.10. The lowest BCUT2D eigenvalue weighted by Crippen LogP contribution is -2.40. The molecule has 0 amide bonds. The second kappa shape index (κ2) is 4.64. The van der Waals surface area contributed by atoms with Crippen molar-refractivity contribution in [3.63, 3.8) is 0 Å². The first-order valence-electron chi connectivity index (χ1n) is 4.88. The van der Waals surface area contributed by atoms with Gasteiger partial charge in [-0.3, -0.25) is 0 Å². The van der Waals surface area contributed by atoms with Crippen molar-refractivity contribution in [2.24, 2.45) is 0 Å². The Labute approximate surface area is 99.3 Å². The first kappa shape index (κ1) is 11.1. The summed E-state index contributed by atoms with van der Waals surface area (Å²) in [5, 5.41) is 4.52. The van der Waals surface area contributed by atoms with E-state index in [1.165, 1.54) is 11.3 Å². The van der Waals surface area contributed by atoms with Gasteiger partial charge in [-0.25, -0.2) is 0 Å². The molecule has 0 saturated carbocycles. The average Bonchev–Trinajstić information content (AvgIpc) is 2.17. The van der Waals surface area contributed by atoms with Gasteiger partial charge in [0.1, 0.15) is 5.75 Å². The van der Waals surface area contributed by atoms with Gasteiger partial charge < -0.3 is 10.1 Å². The van der Waals surface area contributed by atoms with Crippen LogP contribution in [-0.4, -0.2) is 26.0 Å². The second-order valence-electron chi connectivity index (χ2n) is 3.54. The quantitative estimate of drug-likeness (QED) is 0.882. The average molecular weight is 244 g/mol. The summed E-state index contributed by atoms with van der Waals surface area (Å²) < 4.78 is 5.13. The number of halogens is 1. The van der Waals surface area contributed by atoms with Crippen LogP contribution in [0.15, 0.2) is 18.2 Å². The first-order chi connectivity index (χ1) is 7.26. The molecule has 82 valence electrons. The van der Waals surface area contributed by atoms with Crippen LogP contribution in [0.3, 0.4) is 0 Å². The fourth-order valence-corrected chi connectivity index (χ4v) is 3.20. The van der Waals surface area contributed by atoms with E-state index >= 15 is 0 Å². The molecule has 1 saturated heterocycles. The molecule has 1 aliphatic heterocycles. The summed E-state index contributed by atoms with van der Waals surface area (Å²) in [6, 6.07) is 6.59. The van der Waals surface area contributed by atoms with Crippen molar-refractivity contribution in [3.8, 4) is 5.75 Å². The number of ether oxygens (including phenoxy) is 1. The van der Waals surface area contributed by atoms with E-state index in [1.54, 1.807) is 7.11 Å². The Bertz CT molecular complexity index is 356. The zero-order chi connectivity index (χ0) is 10.8. The molecular formula is C11H14ClNOS. The van der Waals surface area contributed by atoms with Gasteiger partial charge in [-0.1, -0.05) is 17.7 Å². The lowest BCUT2D eigenvalue weighted by molar-refractivity contribution is 0.414. The van der Waals surface area contributed by atoms with Crippen molar-refractivity contribution in [1.82, 2.24) is 5.32 Å². The number of benzene rings is 1. The number of hydrogen-bond donors (Lipinski definition) is 1. The van der Waals surface area contributed by atoms with Gasteiger partial charge in [0, 0.05) is 17.0 Å². The topological polar surface area (TPSA) is 21.3 Å². The minimum absolute atomic E-state index is 0.526. The first-order valence-corrected chi connectivity index (χ1v) is 6.31. The molecule has 1 aromatic carbocycles. The lowest BCUT2D eigenvalue weighted by atomic mass is 10.1. The molecule has 2 unspecified atom stereocenters. The molecule has 1 N–H and O–H groups in total. The number of methoxy groups -OCH3 is 1. The van der Waals surface area contributed by atoms with Gasteiger partial charge in [-0.15, -0.1) is 0 Å². The summed E-state index contributed by atoms with van der Waals surface area (Å²) in [6.45, 7) is 0. The highest BCUT2D eigenvalue weighted by Crippen LogP contribution is 2.44. The normalized spacial score (nSPS) is 24.7. The van der Waals surface area contributed by atoms with Gasteiger partial charge >= 0.3 is 0 Å². The predicted octanol–water partition coefficient (Wildman–Crippen LogP) is 2.72. The van der Waals surface area contributed by atoms with Crippen LogP contribution in [0, 0.1) is 0 Å². The minimum Gasteiger partial charge on any atom is -0.495 e. The molecule has 2 nitrogen and oxygen atoms in total. The Morgan fingerprint density at radius 1 is 1.53 bits per heavy atom. The van der Waals surface area contributed by atoms with Gasteiger partial charge in [0.05, 0.1) is 12.1 Å². The van der Waals surface area contributed by atoms with Crippen molar-refractivity contribution in [2.45, 2.75) is 11.3 Å². The van der Waals surface area contributed by atoms with E-state index in [0.717, 1.165) is 5.75 Å². The predicted molar refractivity (Wildman–Crippen MR) is 66.1 cm³/mol. The van der Waals surface area contributed by atoms with E-state index in [0.29, 0.717) is 16.3 Å². The van der Waals surface area contributed by atoms with Crippen molar-refractivity contribution in [2.75, 3.05) is 19.9 Å². The molecule has 0 radical (unpaired) electrons. The standard InChI is InChI=1S/C11H14ClNOS/c1-13-9-6-15-11(9)7-3-4-10(14-2)8(12)5-7/h3-5,9,11,13H,6H2,1-2H3. The summed E-state index contributed by atoms with van der Waals surface area (Å²) in [5.41, 5.74) is 1.27. The van der Waals surface area contributed by atoms with Crippen LogP contribution < -0.4 is 10.1 Å². The maximum absolute atomic E-state index is 6.09. The van der Waals surface area contributed by atoms with Crippen molar-refractivity contribution >= 4 is 23.4 Å². The van der Waals surface area contributed by atoms with Crippen LogP contribution in [0.5, 0.6) is 5.75 Å². The highest BCUT2D eigenvalue weighted by molar-refractivity contribution is 8.01. The van der Waals surface area contributed by atoms with Crippen molar-refractivity contribution in [1.29, 1.82) is 0 Å². The van der Waals surface area contributed by atoms with E-state index in [9.17, 15) is 0 Å². The fraction of sp³-hybridized carbons (Fsp3) is 0.455. The molecule has 1 aromatic rings. The molecule has 0 spiro atoms. The van der Waals surface area contributed by atoms with Gasteiger partial charge in [-0.05, 0) is 24.7 Å². The van der Waals surface area contributed by atoms with E-state index in [4.69, 9.17) is 16.3 Å². The Hall–Kier alpha value is -0.380. The molecule has 1 aliphatic rings.